The van der Waals surface area contributed by atoms with E-state index in [1.807, 2.05) is 0 Å². The second-order valence-corrected chi connectivity index (χ2v) is 5.97. The van der Waals surface area contributed by atoms with Crippen LogP contribution in [0.2, 0.25) is 0 Å². The summed E-state index contributed by atoms with van der Waals surface area (Å²) in [6.45, 7) is 1.71. The third-order valence-corrected chi connectivity index (χ3v) is 4.20. The van der Waals surface area contributed by atoms with Gasteiger partial charge in [-0.2, -0.15) is 0 Å². The Kier molecular flexibility index (Phi) is 5.18. The third kappa shape index (κ3) is 3.51. The summed E-state index contributed by atoms with van der Waals surface area (Å²) in [6.07, 6.45) is 3.08. The number of aromatic hydroxyl groups is 2. The summed E-state index contributed by atoms with van der Waals surface area (Å²) >= 11 is 0. The Balaban J connectivity index is 2.21. The van der Waals surface area contributed by atoms with Crippen molar-refractivity contribution >= 4 is 17.6 Å². The smallest absolute Gasteiger partial charge is 0.196 e. The van der Waals surface area contributed by atoms with Gasteiger partial charge in [-0.05, 0) is 13.0 Å². The molecule has 0 heterocycles. The number of hydrogen-bond acceptors (Lipinski definition) is 4. The predicted molar refractivity (Wildman–Crippen MR) is 104 cm³/mol. The van der Waals surface area contributed by atoms with Crippen molar-refractivity contribution in [3.05, 3.63) is 101 Å². The lowest BCUT2D eigenvalue weighted by Crippen LogP contribution is -2.08. The van der Waals surface area contributed by atoms with E-state index in [1.165, 1.54) is 12.1 Å². The average molecular weight is 358 g/mol. The van der Waals surface area contributed by atoms with Crippen molar-refractivity contribution in [2.45, 2.75) is 6.92 Å². The number of rotatable bonds is 5. The van der Waals surface area contributed by atoms with Crippen LogP contribution in [0.5, 0.6) is 11.5 Å². The molecule has 0 saturated carbocycles. The lowest BCUT2D eigenvalue weighted by molar-refractivity contribution is 0.103. The number of allylic oxidation sites excluding steroid dienone is 1. The van der Waals surface area contributed by atoms with Gasteiger partial charge in [0.1, 0.15) is 11.5 Å². The van der Waals surface area contributed by atoms with Crippen LogP contribution in [0.1, 0.15) is 44.3 Å². The molecule has 0 atom stereocenters. The molecule has 3 aromatic rings. The Bertz CT molecular complexity index is 943. The van der Waals surface area contributed by atoms with E-state index in [2.05, 4.69) is 0 Å². The van der Waals surface area contributed by atoms with E-state index in [9.17, 15) is 19.8 Å². The summed E-state index contributed by atoms with van der Waals surface area (Å²) in [6, 6.07) is 18.2. The van der Waals surface area contributed by atoms with Crippen LogP contribution >= 0.6 is 0 Å². The van der Waals surface area contributed by atoms with E-state index >= 15 is 0 Å². The van der Waals surface area contributed by atoms with Crippen LogP contribution in [0.15, 0.2) is 72.8 Å². The van der Waals surface area contributed by atoms with Gasteiger partial charge in [0, 0.05) is 11.1 Å². The van der Waals surface area contributed by atoms with Crippen LogP contribution in [0.3, 0.4) is 0 Å². The maximum absolute atomic E-state index is 12.9. The van der Waals surface area contributed by atoms with Gasteiger partial charge in [-0.15, -0.1) is 0 Å². The molecule has 0 amide bonds. The number of carbonyl (C=O) groups excluding carboxylic acids is 2. The average Bonchev–Trinajstić information content (AvgIpc) is 2.71. The molecule has 0 aliphatic heterocycles. The van der Waals surface area contributed by atoms with Crippen LogP contribution < -0.4 is 0 Å². The molecule has 4 nitrogen and oxygen atoms in total. The van der Waals surface area contributed by atoms with E-state index < -0.39 is 11.6 Å². The number of phenols is 2. The maximum atomic E-state index is 12.9. The van der Waals surface area contributed by atoms with Crippen LogP contribution in [-0.2, 0) is 0 Å². The van der Waals surface area contributed by atoms with Crippen molar-refractivity contribution in [2.24, 2.45) is 0 Å². The van der Waals surface area contributed by atoms with Crippen molar-refractivity contribution in [3.8, 4) is 11.5 Å². The fourth-order valence-corrected chi connectivity index (χ4v) is 2.84. The van der Waals surface area contributed by atoms with Gasteiger partial charge in [-0.3, -0.25) is 9.59 Å². The van der Waals surface area contributed by atoms with Gasteiger partial charge in [0.05, 0.1) is 16.7 Å². The summed E-state index contributed by atoms with van der Waals surface area (Å²) < 4.78 is 0. The minimum absolute atomic E-state index is 0.0358. The summed E-state index contributed by atoms with van der Waals surface area (Å²) in [5, 5.41) is 21.1. The molecule has 27 heavy (non-hydrogen) atoms. The summed E-state index contributed by atoms with van der Waals surface area (Å²) in [4.78, 5) is 25.7. The molecule has 0 bridgehead atoms. The molecule has 0 aliphatic rings. The predicted octanol–water partition coefficient (Wildman–Crippen LogP) is 4.59. The second-order valence-electron chi connectivity index (χ2n) is 5.97. The Labute approximate surface area is 157 Å². The van der Waals surface area contributed by atoms with Gasteiger partial charge in [-0.1, -0.05) is 72.8 Å². The molecule has 0 unspecified atom stereocenters. The standard InChI is InChI=1S/C23H18O4/c1-2-9-17-22(26)18(20(24)15-10-5-3-6-11-15)14-19(23(17)27)21(25)16-12-7-4-8-13-16/h2-14,26-27H,1H3. The molecular weight excluding hydrogens is 340 g/mol. The molecule has 0 aliphatic carbocycles. The Hall–Kier alpha value is -3.66. The van der Waals surface area contributed by atoms with Crippen LogP contribution in [-0.4, -0.2) is 21.8 Å². The highest BCUT2D eigenvalue weighted by Crippen LogP contribution is 2.37. The van der Waals surface area contributed by atoms with Gasteiger partial charge < -0.3 is 10.2 Å². The highest BCUT2D eigenvalue weighted by molar-refractivity contribution is 6.16. The minimum atomic E-state index is -0.430. The first-order valence-electron chi connectivity index (χ1n) is 8.45. The molecule has 0 radical (unpaired) electrons. The first-order chi connectivity index (χ1) is 13.0. The largest absolute Gasteiger partial charge is 0.506 e. The lowest BCUT2D eigenvalue weighted by Gasteiger charge is -2.13. The van der Waals surface area contributed by atoms with E-state index in [0.29, 0.717) is 11.1 Å². The van der Waals surface area contributed by atoms with Gasteiger partial charge in [0.25, 0.3) is 0 Å². The first kappa shape index (κ1) is 18.1. The molecule has 0 saturated heterocycles. The van der Waals surface area contributed by atoms with Crippen LogP contribution in [0.25, 0.3) is 6.08 Å². The molecule has 3 rings (SSSR count). The van der Waals surface area contributed by atoms with Crippen LogP contribution in [0, 0.1) is 0 Å². The molecule has 3 aromatic carbocycles. The Morgan fingerprint density at radius 2 is 1.15 bits per heavy atom. The number of hydrogen-bond donors (Lipinski definition) is 2. The number of carbonyl (C=O) groups is 2. The maximum Gasteiger partial charge on any atom is 0.196 e. The minimum Gasteiger partial charge on any atom is -0.506 e. The zero-order chi connectivity index (χ0) is 19.4. The summed E-state index contributed by atoms with van der Waals surface area (Å²) in [5.74, 6) is -1.57. The van der Waals surface area contributed by atoms with Crippen molar-refractivity contribution in [2.75, 3.05) is 0 Å². The van der Waals surface area contributed by atoms with Crippen LogP contribution in [0.4, 0.5) is 0 Å². The zero-order valence-corrected chi connectivity index (χ0v) is 14.7. The molecule has 0 fully saturated rings. The Morgan fingerprint density at radius 3 is 1.52 bits per heavy atom. The molecule has 0 spiro atoms. The first-order valence-corrected chi connectivity index (χ1v) is 8.45. The monoisotopic (exact) mass is 358 g/mol. The van der Waals surface area contributed by atoms with Gasteiger partial charge >= 0.3 is 0 Å². The molecule has 4 heteroatoms. The number of benzene rings is 3. The molecule has 2 N–H and O–H groups in total. The zero-order valence-electron chi connectivity index (χ0n) is 14.7. The molecular formula is C23H18O4. The summed E-state index contributed by atoms with van der Waals surface area (Å²) in [7, 11) is 0. The van der Waals surface area contributed by atoms with Gasteiger partial charge in [0.15, 0.2) is 11.6 Å². The SMILES string of the molecule is CC=Cc1c(O)c(C(=O)c2ccccc2)cc(C(=O)c2ccccc2)c1O. The second kappa shape index (κ2) is 7.70. The molecule has 134 valence electrons. The molecule has 0 aromatic heterocycles. The van der Waals surface area contributed by atoms with Gasteiger partial charge in [0.2, 0.25) is 0 Å². The van der Waals surface area contributed by atoms with Gasteiger partial charge in [-0.25, -0.2) is 0 Å². The number of phenolic OH excluding ortho intramolecular Hbond substituents is 2. The van der Waals surface area contributed by atoms with Crippen molar-refractivity contribution in [1.82, 2.24) is 0 Å². The highest BCUT2D eigenvalue weighted by Gasteiger charge is 2.24. The Morgan fingerprint density at radius 1 is 0.741 bits per heavy atom. The summed E-state index contributed by atoms with van der Waals surface area (Å²) in [5.41, 5.74) is 0.724. The fraction of sp³-hybridized carbons (Fsp3) is 0.0435. The van der Waals surface area contributed by atoms with E-state index in [1.54, 1.807) is 73.7 Å². The van der Waals surface area contributed by atoms with Crippen molar-refractivity contribution < 1.29 is 19.8 Å². The highest BCUT2D eigenvalue weighted by atomic mass is 16.3. The number of ketones is 2. The fourth-order valence-electron chi connectivity index (χ4n) is 2.84. The topological polar surface area (TPSA) is 74.6 Å². The van der Waals surface area contributed by atoms with Crippen molar-refractivity contribution in [3.63, 3.8) is 0 Å². The van der Waals surface area contributed by atoms with E-state index in [-0.39, 0.29) is 28.2 Å². The van der Waals surface area contributed by atoms with E-state index in [0.717, 1.165) is 0 Å². The quantitative estimate of drug-likeness (QED) is 0.654. The lowest BCUT2D eigenvalue weighted by atomic mass is 9.92. The van der Waals surface area contributed by atoms with E-state index in [4.69, 9.17) is 0 Å². The normalized spacial score (nSPS) is 10.9. The third-order valence-electron chi connectivity index (χ3n) is 4.20. The van der Waals surface area contributed by atoms with Crippen molar-refractivity contribution in [1.29, 1.82) is 0 Å².